The number of fused-ring (bicyclic) bond motifs is 1. The van der Waals surface area contributed by atoms with Crippen molar-refractivity contribution >= 4 is 22.8 Å². The van der Waals surface area contributed by atoms with E-state index in [4.69, 9.17) is 4.42 Å². The van der Waals surface area contributed by atoms with Crippen LogP contribution >= 0.6 is 0 Å². The number of amides is 2. The van der Waals surface area contributed by atoms with E-state index in [1.165, 1.54) is 17.2 Å². The summed E-state index contributed by atoms with van der Waals surface area (Å²) >= 11 is 0. The number of para-hydroxylation sites is 1. The first-order chi connectivity index (χ1) is 12.7. The van der Waals surface area contributed by atoms with Gasteiger partial charge >= 0.3 is 0 Å². The smallest absolute Gasteiger partial charge is 0.249 e. The number of furan rings is 1. The van der Waals surface area contributed by atoms with E-state index < -0.39 is 6.04 Å². The molecule has 0 saturated carbocycles. The number of carbonyl (C=O) groups is 2. The normalized spacial score (nSPS) is 17.4. The molecule has 0 unspecified atom stereocenters. The van der Waals surface area contributed by atoms with Crippen LogP contribution in [-0.4, -0.2) is 22.8 Å². The van der Waals surface area contributed by atoms with Crippen LogP contribution < -0.4 is 5.32 Å². The van der Waals surface area contributed by atoms with Crippen LogP contribution in [0.25, 0.3) is 11.0 Å². The number of carbonyl (C=O) groups excluding carboxylic acids is 2. The van der Waals surface area contributed by atoms with E-state index in [1.54, 1.807) is 0 Å². The van der Waals surface area contributed by atoms with Crippen molar-refractivity contribution in [1.82, 2.24) is 10.2 Å². The largest absolute Gasteiger partial charge is 0.459 e. The fourth-order valence-electron chi connectivity index (χ4n) is 3.11. The zero-order valence-electron chi connectivity index (χ0n) is 14.1. The first kappa shape index (κ1) is 16.1. The molecule has 3 aromatic rings. The van der Waals surface area contributed by atoms with Crippen LogP contribution in [0.3, 0.4) is 0 Å². The molecule has 1 aliphatic heterocycles. The SMILES string of the molecule is O=C1C=CN(Cc2cc3ccccc3o2)C(=O)[C@@H](Cc2ccccc2)N1. The monoisotopic (exact) mass is 346 g/mol. The minimum absolute atomic E-state index is 0.156. The van der Waals surface area contributed by atoms with Crippen LogP contribution in [0.1, 0.15) is 11.3 Å². The van der Waals surface area contributed by atoms with Gasteiger partial charge in [0.1, 0.15) is 17.4 Å². The summed E-state index contributed by atoms with van der Waals surface area (Å²) in [5.74, 6) is 0.250. The van der Waals surface area contributed by atoms with Crippen LogP contribution in [0.2, 0.25) is 0 Å². The number of rotatable bonds is 4. The summed E-state index contributed by atoms with van der Waals surface area (Å²) in [6.45, 7) is 0.282. The summed E-state index contributed by atoms with van der Waals surface area (Å²) in [5, 5.41) is 3.76. The zero-order valence-corrected chi connectivity index (χ0v) is 14.1. The summed E-state index contributed by atoms with van der Waals surface area (Å²) in [4.78, 5) is 26.4. The highest BCUT2D eigenvalue weighted by Gasteiger charge is 2.28. The second-order valence-electron chi connectivity index (χ2n) is 6.28. The lowest BCUT2D eigenvalue weighted by atomic mass is 10.0. The molecule has 0 bridgehead atoms. The van der Waals surface area contributed by atoms with Crippen LogP contribution in [0.15, 0.2) is 77.4 Å². The molecule has 0 aliphatic carbocycles. The lowest BCUT2D eigenvalue weighted by Crippen LogP contribution is -2.45. The van der Waals surface area contributed by atoms with Gasteiger partial charge in [-0.25, -0.2) is 0 Å². The van der Waals surface area contributed by atoms with Crippen LogP contribution in [0, 0.1) is 0 Å². The molecule has 5 nitrogen and oxygen atoms in total. The van der Waals surface area contributed by atoms with E-state index in [9.17, 15) is 9.59 Å². The summed E-state index contributed by atoms with van der Waals surface area (Å²) in [6.07, 6.45) is 3.35. The van der Waals surface area contributed by atoms with E-state index >= 15 is 0 Å². The molecule has 1 atom stereocenters. The van der Waals surface area contributed by atoms with Gasteiger partial charge < -0.3 is 14.6 Å². The molecule has 2 heterocycles. The number of hydrogen-bond donors (Lipinski definition) is 1. The minimum Gasteiger partial charge on any atom is -0.459 e. The first-order valence-electron chi connectivity index (χ1n) is 8.49. The van der Waals surface area contributed by atoms with Crippen molar-refractivity contribution in [3.63, 3.8) is 0 Å². The molecular weight excluding hydrogens is 328 g/mol. The van der Waals surface area contributed by atoms with Crippen molar-refractivity contribution in [3.8, 4) is 0 Å². The Bertz CT molecular complexity index is 942. The van der Waals surface area contributed by atoms with Gasteiger partial charge in [0.25, 0.3) is 0 Å². The molecule has 130 valence electrons. The number of nitrogens with zero attached hydrogens (tertiary/aromatic N) is 1. The van der Waals surface area contributed by atoms with Crippen molar-refractivity contribution in [3.05, 3.63) is 84.3 Å². The quantitative estimate of drug-likeness (QED) is 0.790. The first-order valence-corrected chi connectivity index (χ1v) is 8.49. The highest BCUT2D eigenvalue weighted by molar-refractivity contribution is 5.96. The Morgan fingerprint density at radius 3 is 2.58 bits per heavy atom. The molecule has 0 spiro atoms. The Hall–Kier alpha value is -3.34. The van der Waals surface area contributed by atoms with Crippen molar-refractivity contribution in [2.45, 2.75) is 19.0 Å². The Kier molecular flexibility index (Phi) is 4.27. The van der Waals surface area contributed by atoms with Crippen molar-refractivity contribution < 1.29 is 14.0 Å². The Balaban J connectivity index is 1.56. The van der Waals surface area contributed by atoms with E-state index in [1.807, 2.05) is 60.7 Å². The highest BCUT2D eigenvalue weighted by atomic mass is 16.3. The van der Waals surface area contributed by atoms with E-state index in [-0.39, 0.29) is 18.4 Å². The van der Waals surface area contributed by atoms with Crippen LogP contribution in [0.5, 0.6) is 0 Å². The Morgan fingerprint density at radius 2 is 1.77 bits per heavy atom. The van der Waals surface area contributed by atoms with Crippen molar-refractivity contribution in [1.29, 1.82) is 0 Å². The molecule has 0 fully saturated rings. The van der Waals surface area contributed by atoms with Gasteiger partial charge in [-0.1, -0.05) is 48.5 Å². The summed E-state index contributed by atoms with van der Waals surface area (Å²) in [5.41, 5.74) is 1.78. The van der Waals surface area contributed by atoms with E-state index in [0.29, 0.717) is 12.2 Å². The molecule has 0 saturated heterocycles. The second-order valence-corrected chi connectivity index (χ2v) is 6.28. The van der Waals surface area contributed by atoms with Crippen LogP contribution in [0.4, 0.5) is 0 Å². The van der Waals surface area contributed by atoms with Crippen molar-refractivity contribution in [2.24, 2.45) is 0 Å². The molecule has 26 heavy (non-hydrogen) atoms. The maximum atomic E-state index is 12.9. The lowest BCUT2D eigenvalue weighted by molar-refractivity contribution is -0.133. The Morgan fingerprint density at radius 1 is 1.00 bits per heavy atom. The predicted octanol–water partition coefficient (Wildman–Crippen LogP) is 3.02. The molecule has 5 heteroatoms. The van der Waals surface area contributed by atoms with Gasteiger partial charge in [-0.15, -0.1) is 0 Å². The zero-order chi connectivity index (χ0) is 17.9. The molecule has 1 aliphatic rings. The third-order valence-corrected chi connectivity index (χ3v) is 4.39. The lowest BCUT2D eigenvalue weighted by Gasteiger charge is -2.22. The Labute approximate surface area is 150 Å². The molecule has 2 amide bonds. The summed E-state index contributed by atoms with van der Waals surface area (Å²) in [6, 6.07) is 18.7. The number of nitrogens with one attached hydrogen (secondary N) is 1. The number of hydrogen-bond acceptors (Lipinski definition) is 3. The minimum atomic E-state index is -0.607. The molecule has 2 aromatic carbocycles. The van der Waals surface area contributed by atoms with Crippen LogP contribution in [-0.2, 0) is 22.6 Å². The average Bonchev–Trinajstić information content (AvgIpc) is 3.02. The van der Waals surface area contributed by atoms with Gasteiger partial charge in [-0.05, 0) is 17.7 Å². The average molecular weight is 346 g/mol. The number of benzene rings is 2. The maximum Gasteiger partial charge on any atom is 0.249 e. The van der Waals surface area contributed by atoms with Gasteiger partial charge in [-0.3, -0.25) is 9.59 Å². The molecule has 4 rings (SSSR count). The summed E-state index contributed by atoms with van der Waals surface area (Å²) < 4.78 is 5.81. The topological polar surface area (TPSA) is 62.6 Å². The molecule has 0 radical (unpaired) electrons. The second kappa shape index (κ2) is 6.88. The van der Waals surface area contributed by atoms with Gasteiger partial charge in [0.15, 0.2) is 0 Å². The molecule has 1 N–H and O–H groups in total. The van der Waals surface area contributed by atoms with E-state index in [2.05, 4.69) is 5.32 Å². The highest BCUT2D eigenvalue weighted by Crippen LogP contribution is 2.21. The van der Waals surface area contributed by atoms with Gasteiger partial charge in [-0.2, -0.15) is 0 Å². The van der Waals surface area contributed by atoms with Gasteiger partial charge in [0.05, 0.1) is 6.54 Å². The van der Waals surface area contributed by atoms with E-state index in [0.717, 1.165) is 16.5 Å². The van der Waals surface area contributed by atoms with Gasteiger partial charge in [0.2, 0.25) is 11.8 Å². The standard InChI is InChI=1S/C21H18N2O3/c24-20-10-11-23(14-17-13-16-8-4-5-9-19(16)26-17)21(25)18(22-20)12-15-6-2-1-3-7-15/h1-11,13,18H,12,14H2,(H,22,24)/t18-/m1/s1. The van der Waals surface area contributed by atoms with Crippen molar-refractivity contribution in [2.75, 3.05) is 0 Å². The maximum absolute atomic E-state index is 12.9. The fraction of sp³-hybridized carbons (Fsp3) is 0.143. The predicted molar refractivity (Wildman–Crippen MR) is 98.0 cm³/mol. The third kappa shape index (κ3) is 3.37. The summed E-state index contributed by atoms with van der Waals surface area (Å²) in [7, 11) is 0. The van der Waals surface area contributed by atoms with Gasteiger partial charge in [0, 0.05) is 24.1 Å². The molecule has 1 aromatic heterocycles. The molecular formula is C21H18N2O3. The fourth-order valence-corrected chi connectivity index (χ4v) is 3.11. The third-order valence-electron chi connectivity index (χ3n) is 4.39.